The molecule has 7 heteroatoms. The van der Waals surface area contributed by atoms with Crippen molar-refractivity contribution in [2.75, 3.05) is 13.1 Å². The fraction of sp³-hybridized carbons (Fsp3) is 0.333. The molecule has 3 rings (SSSR count). The van der Waals surface area contributed by atoms with E-state index in [4.69, 9.17) is 4.84 Å². The Morgan fingerprint density at radius 2 is 1.75 bits per heavy atom. The van der Waals surface area contributed by atoms with E-state index in [0.29, 0.717) is 32.5 Å². The van der Waals surface area contributed by atoms with Crippen LogP contribution in [0.4, 0.5) is 0 Å². The Kier molecular flexibility index (Phi) is 6.65. The summed E-state index contributed by atoms with van der Waals surface area (Å²) in [7, 11) is -3.79. The number of sulfonamides is 1. The van der Waals surface area contributed by atoms with Crippen LogP contribution in [0.25, 0.3) is 0 Å². The van der Waals surface area contributed by atoms with Gasteiger partial charge >= 0.3 is 0 Å². The van der Waals surface area contributed by atoms with Gasteiger partial charge in [-0.3, -0.25) is 9.56 Å². The fourth-order valence-corrected chi connectivity index (χ4v) is 4.23. The van der Waals surface area contributed by atoms with Crippen LogP contribution in [0.5, 0.6) is 0 Å². The number of hydrogen-bond donors (Lipinski definition) is 1. The highest BCUT2D eigenvalue weighted by Crippen LogP contribution is 2.24. The summed E-state index contributed by atoms with van der Waals surface area (Å²) < 4.78 is 27.5. The van der Waals surface area contributed by atoms with E-state index in [-0.39, 0.29) is 16.5 Å². The van der Waals surface area contributed by atoms with Crippen molar-refractivity contribution in [3.63, 3.8) is 0 Å². The lowest BCUT2D eigenvalue weighted by Gasteiger charge is -2.31. The van der Waals surface area contributed by atoms with Crippen LogP contribution in [0.1, 0.15) is 24.0 Å². The van der Waals surface area contributed by atoms with E-state index >= 15 is 0 Å². The summed E-state index contributed by atoms with van der Waals surface area (Å²) >= 11 is 0. The van der Waals surface area contributed by atoms with Gasteiger partial charge in [0, 0.05) is 19.0 Å². The molecule has 0 spiro atoms. The predicted molar refractivity (Wildman–Crippen MR) is 106 cm³/mol. The fourth-order valence-electron chi connectivity index (χ4n) is 3.12. The summed E-state index contributed by atoms with van der Waals surface area (Å²) in [5.41, 5.74) is 2.14. The highest BCUT2D eigenvalue weighted by molar-refractivity contribution is 7.89. The Bertz CT molecular complexity index is 928. The van der Waals surface area contributed by atoms with Crippen LogP contribution in [0.3, 0.4) is 0 Å². The molecule has 1 fully saturated rings. The maximum absolute atomic E-state index is 12.5. The molecule has 1 heterocycles. The largest absolute Gasteiger partial charge is 0.294 e. The number of hydrogen-bond acceptors (Lipinski definition) is 5. The molecule has 0 radical (unpaired) electrons. The van der Waals surface area contributed by atoms with Crippen molar-refractivity contribution < 1.29 is 18.0 Å². The second-order valence-electron chi connectivity index (χ2n) is 6.90. The standard InChI is InChI=1S/C21H24N2O4S/c1-17-7-9-20(10-8-17)28(25,26)22-21(15-24)19-11-13-23(14-12-19)27-16-18-5-3-2-4-6-18/h2-10,19,22H,11-14,16H2,1H3. The highest BCUT2D eigenvalue weighted by atomic mass is 32.2. The number of aryl methyl sites for hydroxylation is 1. The SMILES string of the molecule is Cc1ccc(S(=O)(=O)NC(=C=O)C2CCN(OCc3ccccc3)CC2)cc1. The van der Waals surface area contributed by atoms with Crippen molar-refractivity contribution in [1.29, 1.82) is 0 Å². The molecule has 1 N–H and O–H groups in total. The zero-order chi connectivity index (χ0) is 20.0. The molecule has 1 aliphatic heterocycles. The van der Waals surface area contributed by atoms with Gasteiger partial charge in [0.05, 0.1) is 11.5 Å². The number of nitrogens with zero attached hydrogens (tertiary/aromatic N) is 1. The van der Waals surface area contributed by atoms with E-state index in [0.717, 1.165) is 11.1 Å². The lowest BCUT2D eigenvalue weighted by atomic mass is 9.95. The molecule has 0 bridgehead atoms. The zero-order valence-corrected chi connectivity index (χ0v) is 16.6. The van der Waals surface area contributed by atoms with Gasteiger partial charge in [0.1, 0.15) is 11.6 Å². The molecule has 2 aromatic carbocycles. The van der Waals surface area contributed by atoms with E-state index in [1.54, 1.807) is 18.1 Å². The van der Waals surface area contributed by atoms with Gasteiger partial charge in [-0.15, -0.1) is 0 Å². The first kappa shape index (κ1) is 20.3. The molecular weight excluding hydrogens is 376 g/mol. The van der Waals surface area contributed by atoms with Crippen LogP contribution < -0.4 is 4.72 Å². The molecule has 2 aromatic rings. The topological polar surface area (TPSA) is 75.7 Å². The minimum Gasteiger partial charge on any atom is -0.294 e. The molecule has 0 saturated carbocycles. The first-order chi connectivity index (χ1) is 13.5. The van der Waals surface area contributed by atoms with E-state index < -0.39 is 10.0 Å². The summed E-state index contributed by atoms with van der Waals surface area (Å²) in [4.78, 5) is 17.4. The molecule has 148 valence electrons. The van der Waals surface area contributed by atoms with Crippen molar-refractivity contribution in [3.05, 3.63) is 71.4 Å². The van der Waals surface area contributed by atoms with Gasteiger partial charge in [-0.05, 0) is 37.5 Å². The van der Waals surface area contributed by atoms with Crippen LogP contribution >= 0.6 is 0 Å². The Morgan fingerprint density at radius 1 is 1.11 bits per heavy atom. The first-order valence-electron chi connectivity index (χ1n) is 9.24. The van der Waals surface area contributed by atoms with Crippen LogP contribution in [0, 0.1) is 12.8 Å². The van der Waals surface area contributed by atoms with Gasteiger partial charge in [0.2, 0.25) is 0 Å². The monoisotopic (exact) mass is 400 g/mol. The predicted octanol–water partition coefficient (Wildman–Crippen LogP) is 2.83. The van der Waals surface area contributed by atoms with Crippen LogP contribution in [-0.4, -0.2) is 32.5 Å². The number of rotatable bonds is 7. The second kappa shape index (κ2) is 9.17. The Hall–Kier alpha value is -2.44. The maximum Gasteiger partial charge on any atom is 0.262 e. The van der Waals surface area contributed by atoms with E-state index in [1.165, 1.54) is 12.1 Å². The summed E-state index contributed by atoms with van der Waals surface area (Å²) in [6.45, 7) is 3.61. The summed E-state index contributed by atoms with van der Waals surface area (Å²) in [6.07, 6.45) is 1.24. The van der Waals surface area contributed by atoms with Crippen LogP contribution in [0.15, 0.2) is 65.2 Å². The van der Waals surface area contributed by atoms with Crippen LogP contribution in [-0.2, 0) is 26.3 Å². The number of allylic oxidation sites excluding steroid dienone is 1. The molecule has 6 nitrogen and oxygen atoms in total. The number of piperidine rings is 1. The minimum absolute atomic E-state index is 0.0864. The third-order valence-corrected chi connectivity index (χ3v) is 6.19. The quantitative estimate of drug-likeness (QED) is 0.724. The first-order valence-corrected chi connectivity index (χ1v) is 10.7. The van der Waals surface area contributed by atoms with Crippen molar-refractivity contribution >= 4 is 16.0 Å². The number of hydroxylamine groups is 2. The third kappa shape index (κ3) is 5.30. The Balaban J connectivity index is 1.55. The van der Waals surface area contributed by atoms with E-state index in [2.05, 4.69) is 4.72 Å². The van der Waals surface area contributed by atoms with Gasteiger partial charge in [-0.25, -0.2) is 13.2 Å². The molecule has 0 aliphatic carbocycles. The molecule has 1 saturated heterocycles. The molecule has 0 atom stereocenters. The summed E-state index contributed by atoms with van der Waals surface area (Å²) in [5.74, 6) is 1.61. The summed E-state index contributed by atoms with van der Waals surface area (Å²) in [6, 6.07) is 16.4. The van der Waals surface area contributed by atoms with Gasteiger partial charge in [-0.1, -0.05) is 48.0 Å². The molecule has 28 heavy (non-hydrogen) atoms. The van der Waals surface area contributed by atoms with E-state index in [1.807, 2.05) is 42.3 Å². The maximum atomic E-state index is 12.5. The average molecular weight is 401 g/mol. The second-order valence-corrected chi connectivity index (χ2v) is 8.58. The number of benzene rings is 2. The normalized spacial score (nSPS) is 15.8. The van der Waals surface area contributed by atoms with Gasteiger partial charge in [-0.2, -0.15) is 5.06 Å². The molecular formula is C21H24N2O4S. The van der Waals surface area contributed by atoms with Crippen molar-refractivity contribution in [1.82, 2.24) is 9.79 Å². The van der Waals surface area contributed by atoms with Crippen molar-refractivity contribution in [2.24, 2.45) is 5.92 Å². The van der Waals surface area contributed by atoms with Gasteiger partial charge < -0.3 is 0 Å². The number of carbonyl (C=O) groups excluding carboxylic acids is 1. The highest BCUT2D eigenvalue weighted by Gasteiger charge is 2.27. The lowest BCUT2D eigenvalue weighted by Crippen LogP contribution is -2.37. The zero-order valence-electron chi connectivity index (χ0n) is 15.8. The van der Waals surface area contributed by atoms with Crippen LogP contribution in [0.2, 0.25) is 0 Å². The van der Waals surface area contributed by atoms with E-state index in [9.17, 15) is 13.2 Å². The summed E-state index contributed by atoms with van der Waals surface area (Å²) in [5, 5.41) is 1.86. The minimum atomic E-state index is -3.79. The van der Waals surface area contributed by atoms with Crippen molar-refractivity contribution in [3.8, 4) is 0 Å². The Morgan fingerprint density at radius 3 is 2.36 bits per heavy atom. The smallest absolute Gasteiger partial charge is 0.262 e. The molecule has 0 aromatic heterocycles. The number of nitrogens with one attached hydrogen (secondary N) is 1. The Labute approximate surface area is 165 Å². The van der Waals surface area contributed by atoms with Gasteiger partial charge in [0.25, 0.3) is 10.0 Å². The van der Waals surface area contributed by atoms with Gasteiger partial charge in [0.15, 0.2) is 0 Å². The lowest BCUT2D eigenvalue weighted by molar-refractivity contribution is -0.182. The molecule has 0 amide bonds. The third-order valence-electron chi connectivity index (χ3n) is 4.80. The average Bonchev–Trinajstić information content (AvgIpc) is 2.72. The van der Waals surface area contributed by atoms with Crippen molar-refractivity contribution in [2.45, 2.75) is 31.3 Å². The molecule has 1 aliphatic rings. The molecule has 0 unspecified atom stereocenters.